The molecule has 0 aromatic carbocycles. The third kappa shape index (κ3) is 1.99. The van der Waals surface area contributed by atoms with Crippen molar-refractivity contribution in [3.63, 3.8) is 0 Å². The van der Waals surface area contributed by atoms with Crippen LogP contribution in [0.25, 0.3) is 0 Å². The van der Waals surface area contributed by atoms with Crippen molar-refractivity contribution in [1.29, 1.82) is 0 Å². The van der Waals surface area contributed by atoms with Crippen LogP contribution in [0.3, 0.4) is 0 Å². The van der Waals surface area contributed by atoms with Crippen LogP contribution >= 0.6 is 0 Å². The van der Waals surface area contributed by atoms with Gasteiger partial charge in [-0.2, -0.15) is 0 Å². The molecule has 20 heavy (non-hydrogen) atoms. The molecular weight excluding hydrogens is 258 g/mol. The van der Waals surface area contributed by atoms with Crippen LogP contribution < -0.4 is 10.5 Å². The third-order valence-corrected chi connectivity index (χ3v) is 4.46. The van der Waals surface area contributed by atoms with Gasteiger partial charge in [-0.3, -0.25) is 4.79 Å². The van der Waals surface area contributed by atoms with E-state index in [9.17, 15) is 14.7 Å². The van der Waals surface area contributed by atoms with Gasteiger partial charge in [-0.15, -0.1) is 0 Å². The molecule has 3 rings (SSSR count). The number of aromatic nitrogens is 2. The summed E-state index contributed by atoms with van der Waals surface area (Å²) in [5, 5.41) is 9.60. The first-order valence-electron chi connectivity index (χ1n) is 7.19. The lowest BCUT2D eigenvalue weighted by Gasteiger charge is -2.34. The first kappa shape index (κ1) is 13.1. The monoisotopic (exact) mass is 277 g/mol. The number of rotatable bonds is 4. The van der Waals surface area contributed by atoms with Crippen molar-refractivity contribution in [1.82, 2.24) is 9.97 Å². The van der Waals surface area contributed by atoms with E-state index in [0.29, 0.717) is 36.9 Å². The Kier molecular flexibility index (Phi) is 3.03. The maximum absolute atomic E-state index is 11.8. The van der Waals surface area contributed by atoms with Gasteiger partial charge in [-0.25, -0.2) is 9.78 Å². The fourth-order valence-electron chi connectivity index (χ4n) is 3.11. The summed E-state index contributed by atoms with van der Waals surface area (Å²) < 4.78 is 0. The quantitative estimate of drug-likeness (QED) is 0.870. The normalized spacial score (nSPS) is 25.9. The number of carbonyl (C=O) groups is 1. The molecule has 2 aliphatic rings. The van der Waals surface area contributed by atoms with Crippen LogP contribution in [0.4, 0.5) is 5.82 Å². The number of nitrogens with one attached hydrogen (secondary N) is 1. The van der Waals surface area contributed by atoms with Crippen molar-refractivity contribution in [3.05, 3.63) is 22.2 Å². The number of aliphatic carboxylic acids is 1. The summed E-state index contributed by atoms with van der Waals surface area (Å²) in [5.41, 5.74) is -1.11. The molecule has 1 saturated carbocycles. The Hall–Kier alpha value is -1.85. The van der Waals surface area contributed by atoms with Gasteiger partial charge in [0.25, 0.3) is 5.56 Å². The van der Waals surface area contributed by atoms with Gasteiger partial charge in [-0.05, 0) is 32.1 Å². The summed E-state index contributed by atoms with van der Waals surface area (Å²) in [6.07, 6.45) is 4.02. The van der Waals surface area contributed by atoms with E-state index in [-0.39, 0.29) is 5.56 Å². The molecule has 1 unspecified atom stereocenters. The Morgan fingerprint density at radius 2 is 2.35 bits per heavy atom. The van der Waals surface area contributed by atoms with Crippen molar-refractivity contribution in [2.24, 2.45) is 0 Å². The Balaban J connectivity index is 2.03. The molecule has 0 spiro atoms. The highest BCUT2D eigenvalue weighted by Gasteiger charge is 2.47. The molecule has 108 valence electrons. The number of H-pyrrole nitrogens is 1. The van der Waals surface area contributed by atoms with Crippen molar-refractivity contribution < 1.29 is 9.90 Å². The van der Waals surface area contributed by atoms with Crippen molar-refractivity contribution >= 4 is 11.8 Å². The van der Waals surface area contributed by atoms with Crippen LogP contribution in [0.5, 0.6) is 0 Å². The van der Waals surface area contributed by atoms with E-state index in [0.717, 1.165) is 19.3 Å². The summed E-state index contributed by atoms with van der Waals surface area (Å²) in [6, 6.07) is 1.42. The fraction of sp³-hybridized carbons (Fsp3) is 0.643. The summed E-state index contributed by atoms with van der Waals surface area (Å²) in [4.78, 5) is 32.6. The standard InChI is InChI=1S/C14H19N3O3/c1-2-14(13(19)20)6-3-7-17(14)10-8-11(18)16-12(15-10)9-4-5-9/h8-9H,2-7H2,1H3,(H,19,20)(H,15,16,18). The summed E-state index contributed by atoms with van der Waals surface area (Å²) >= 11 is 0. The van der Waals surface area contributed by atoms with E-state index in [2.05, 4.69) is 9.97 Å². The maximum atomic E-state index is 11.8. The molecule has 0 bridgehead atoms. The number of hydrogen-bond donors (Lipinski definition) is 2. The summed E-state index contributed by atoms with van der Waals surface area (Å²) in [5.74, 6) is 0.728. The van der Waals surface area contributed by atoms with Crippen LogP contribution in [0.15, 0.2) is 10.9 Å². The first-order chi connectivity index (χ1) is 9.56. The van der Waals surface area contributed by atoms with Gasteiger partial charge >= 0.3 is 5.97 Å². The van der Waals surface area contributed by atoms with Crippen molar-refractivity contribution in [2.75, 3.05) is 11.4 Å². The highest BCUT2D eigenvalue weighted by molar-refractivity contribution is 5.84. The van der Waals surface area contributed by atoms with Gasteiger partial charge in [0.2, 0.25) is 0 Å². The zero-order chi connectivity index (χ0) is 14.3. The topological polar surface area (TPSA) is 86.3 Å². The third-order valence-electron chi connectivity index (χ3n) is 4.46. The molecular formula is C14H19N3O3. The molecule has 1 aliphatic carbocycles. The molecule has 1 aromatic heterocycles. The lowest BCUT2D eigenvalue weighted by Crippen LogP contribution is -2.51. The minimum Gasteiger partial charge on any atom is -0.479 e. The minimum atomic E-state index is -0.915. The molecule has 6 nitrogen and oxygen atoms in total. The van der Waals surface area contributed by atoms with Gasteiger partial charge in [0.05, 0.1) is 0 Å². The number of carboxylic acid groups (broad SMARTS) is 1. The van der Waals surface area contributed by atoms with Gasteiger partial charge in [0.1, 0.15) is 17.2 Å². The number of anilines is 1. The zero-order valence-corrected chi connectivity index (χ0v) is 11.6. The second-order valence-electron chi connectivity index (χ2n) is 5.71. The average Bonchev–Trinajstić information content (AvgIpc) is 3.16. The second kappa shape index (κ2) is 4.61. The minimum absolute atomic E-state index is 0.195. The SMILES string of the molecule is CCC1(C(=O)O)CCCN1c1cc(=O)[nH]c(C2CC2)n1. The highest BCUT2D eigenvalue weighted by atomic mass is 16.4. The fourth-order valence-corrected chi connectivity index (χ4v) is 3.11. The molecule has 1 saturated heterocycles. The van der Waals surface area contributed by atoms with E-state index in [1.807, 2.05) is 6.92 Å². The zero-order valence-electron chi connectivity index (χ0n) is 11.6. The highest BCUT2D eigenvalue weighted by Crippen LogP contribution is 2.40. The predicted octanol–water partition coefficient (Wildman–Crippen LogP) is 1.48. The van der Waals surface area contributed by atoms with E-state index in [1.54, 1.807) is 4.90 Å². The first-order valence-corrected chi connectivity index (χ1v) is 7.19. The molecule has 2 N–H and O–H groups in total. The van der Waals surface area contributed by atoms with Gasteiger partial charge in [0.15, 0.2) is 0 Å². The molecule has 1 aromatic rings. The maximum Gasteiger partial charge on any atom is 0.329 e. The number of carboxylic acids is 1. The summed E-state index contributed by atoms with van der Waals surface area (Å²) in [6.45, 7) is 2.52. The van der Waals surface area contributed by atoms with Crippen molar-refractivity contribution in [3.8, 4) is 0 Å². The summed E-state index contributed by atoms with van der Waals surface area (Å²) in [7, 11) is 0. The Morgan fingerprint density at radius 1 is 1.60 bits per heavy atom. The lowest BCUT2D eigenvalue weighted by molar-refractivity contribution is -0.143. The Labute approximate surface area is 116 Å². The number of hydrogen-bond acceptors (Lipinski definition) is 4. The molecule has 2 fully saturated rings. The molecule has 1 atom stereocenters. The van der Waals surface area contributed by atoms with Crippen LogP contribution in [-0.4, -0.2) is 33.1 Å². The van der Waals surface area contributed by atoms with E-state index in [1.165, 1.54) is 6.07 Å². The number of nitrogens with zero attached hydrogens (tertiary/aromatic N) is 2. The molecule has 0 amide bonds. The predicted molar refractivity (Wildman–Crippen MR) is 74.1 cm³/mol. The Morgan fingerprint density at radius 3 is 2.95 bits per heavy atom. The van der Waals surface area contributed by atoms with Crippen LogP contribution in [-0.2, 0) is 4.79 Å². The smallest absolute Gasteiger partial charge is 0.329 e. The molecule has 2 heterocycles. The Bertz CT molecular complexity index is 594. The largest absolute Gasteiger partial charge is 0.479 e. The number of aromatic amines is 1. The van der Waals surface area contributed by atoms with Gasteiger partial charge in [0, 0.05) is 18.5 Å². The lowest BCUT2D eigenvalue weighted by atomic mass is 9.93. The van der Waals surface area contributed by atoms with E-state index >= 15 is 0 Å². The van der Waals surface area contributed by atoms with E-state index < -0.39 is 11.5 Å². The average molecular weight is 277 g/mol. The van der Waals surface area contributed by atoms with Gasteiger partial charge in [-0.1, -0.05) is 6.92 Å². The van der Waals surface area contributed by atoms with E-state index in [4.69, 9.17) is 0 Å². The molecule has 0 radical (unpaired) electrons. The van der Waals surface area contributed by atoms with Crippen LogP contribution in [0.1, 0.15) is 50.8 Å². The van der Waals surface area contributed by atoms with Gasteiger partial charge < -0.3 is 15.0 Å². The molecule has 6 heteroatoms. The van der Waals surface area contributed by atoms with Crippen molar-refractivity contribution in [2.45, 2.75) is 50.5 Å². The molecule has 1 aliphatic heterocycles. The van der Waals surface area contributed by atoms with Crippen LogP contribution in [0, 0.1) is 0 Å². The second-order valence-corrected chi connectivity index (χ2v) is 5.71. The van der Waals surface area contributed by atoms with Crippen LogP contribution in [0.2, 0.25) is 0 Å².